The second kappa shape index (κ2) is 6.51. The van der Waals surface area contributed by atoms with E-state index < -0.39 is 0 Å². The minimum absolute atomic E-state index is 0.109. The molecule has 0 aromatic heterocycles. The fourth-order valence-corrected chi connectivity index (χ4v) is 2.27. The van der Waals surface area contributed by atoms with Crippen LogP contribution in [0, 0.1) is 11.3 Å². The normalized spacial score (nSPS) is 19.6. The maximum Gasteiger partial charge on any atom is 0.241 e. The van der Waals surface area contributed by atoms with Gasteiger partial charge in [-0.3, -0.25) is 9.69 Å². The predicted octanol–water partition coefficient (Wildman–Crippen LogP) is 1.61. The van der Waals surface area contributed by atoms with Gasteiger partial charge in [-0.15, -0.1) is 0 Å². The molecule has 1 fully saturated rings. The van der Waals surface area contributed by atoms with E-state index in [0.29, 0.717) is 17.9 Å². The summed E-state index contributed by atoms with van der Waals surface area (Å²) in [5, 5.41) is 11.8. The fraction of sp³-hybridized carbons (Fsp3) is 0.467. The Morgan fingerprint density at radius 3 is 2.95 bits per heavy atom. The van der Waals surface area contributed by atoms with Crippen LogP contribution in [0.25, 0.3) is 0 Å². The third-order valence-corrected chi connectivity index (χ3v) is 3.78. The summed E-state index contributed by atoms with van der Waals surface area (Å²) in [6.45, 7) is 3.28. The highest BCUT2D eigenvalue weighted by Crippen LogP contribution is 2.17. The van der Waals surface area contributed by atoms with Gasteiger partial charge in [-0.25, -0.2) is 0 Å². The van der Waals surface area contributed by atoms with Gasteiger partial charge < -0.3 is 10.1 Å². The van der Waals surface area contributed by atoms with Gasteiger partial charge in [-0.05, 0) is 32.5 Å². The van der Waals surface area contributed by atoms with E-state index in [0.717, 1.165) is 13.0 Å². The first-order valence-corrected chi connectivity index (χ1v) is 6.73. The van der Waals surface area contributed by atoms with Crippen molar-refractivity contribution in [2.24, 2.45) is 0 Å². The van der Waals surface area contributed by atoms with Gasteiger partial charge in [-0.1, -0.05) is 12.1 Å². The Kier molecular flexibility index (Phi) is 4.72. The molecule has 0 bridgehead atoms. The number of anilines is 1. The van der Waals surface area contributed by atoms with Crippen LogP contribution in [0.15, 0.2) is 24.3 Å². The topological polar surface area (TPSA) is 65.4 Å². The molecular formula is C15H19N3O2. The summed E-state index contributed by atoms with van der Waals surface area (Å²) in [5.74, 6) is -0.109. The maximum atomic E-state index is 12.3. The lowest BCUT2D eigenvalue weighted by atomic mass is 10.1. The van der Waals surface area contributed by atoms with Crippen molar-refractivity contribution in [2.75, 3.05) is 25.6 Å². The minimum Gasteiger partial charge on any atom is -0.380 e. The lowest BCUT2D eigenvalue weighted by molar-refractivity contribution is -0.121. The van der Waals surface area contributed by atoms with E-state index >= 15 is 0 Å². The molecule has 106 valence electrons. The second-order valence-corrected chi connectivity index (χ2v) is 5.01. The molecule has 1 aliphatic rings. The van der Waals surface area contributed by atoms with Crippen molar-refractivity contribution >= 4 is 11.6 Å². The lowest BCUT2D eigenvalue weighted by Crippen LogP contribution is -2.45. The number of nitrogens with one attached hydrogen (secondary N) is 1. The quantitative estimate of drug-likeness (QED) is 0.905. The molecule has 1 aromatic carbocycles. The zero-order valence-corrected chi connectivity index (χ0v) is 11.8. The van der Waals surface area contributed by atoms with E-state index in [1.807, 2.05) is 18.9 Å². The number of ether oxygens (including phenoxy) is 1. The van der Waals surface area contributed by atoms with Gasteiger partial charge in [0.05, 0.1) is 23.9 Å². The van der Waals surface area contributed by atoms with Crippen molar-refractivity contribution in [1.82, 2.24) is 4.90 Å². The van der Waals surface area contributed by atoms with E-state index in [9.17, 15) is 4.79 Å². The number of nitriles is 1. The van der Waals surface area contributed by atoms with E-state index in [-0.39, 0.29) is 18.0 Å². The highest BCUT2D eigenvalue weighted by Gasteiger charge is 2.27. The summed E-state index contributed by atoms with van der Waals surface area (Å²) in [6, 6.07) is 9.09. The van der Waals surface area contributed by atoms with Crippen molar-refractivity contribution in [3.63, 3.8) is 0 Å². The monoisotopic (exact) mass is 273 g/mol. The molecule has 1 aromatic rings. The Bertz CT molecular complexity index is 518. The van der Waals surface area contributed by atoms with Crippen LogP contribution in [0.4, 0.5) is 5.69 Å². The number of hydrogen-bond donors (Lipinski definition) is 1. The molecule has 2 atom stereocenters. The van der Waals surface area contributed by atoms with Gasteiger partial charge in [0.25, 0.3) is 0 Å². The van der Waals surface area contributed by atoms with Crippen molar-refractivity contribution in [3.05, 3.63) is 29.8 Å². The van der Waals surface area contributed by atoms with Gasteiger partial charge in [-0.2, -0.15) is 5.26 Å². The molecule has 5 heteroatoms. The van der Waals surface area contributed by atoms with Crippen molar-refractivity contribution < 1.29 is 9.53 Å². The molecule has 1 heterocycles. The summed E-state index contributed by atoms with van der Waals surface area (Å²) in [5.41, 5.74) is 1.03. The molecule has 0 saturated carbocycles. The zero-order valence-electron chi connectivity index (χ0n) is 11.8. The third-order valence-electron chi connectivity index (χ3n) is 3.78. The molecule has 5 nitrogen and oxygen atoms in total. The highest BCUT2D eigenvalue weighted by atomic mass is 16.5. The molecule has 1 aliphatic heterocycles. The van der Waals surface area contributed by atoms with Crippen molar-refractivity contribution in [3.8, 4) is 6.07 Å². The molecule has 0 aliphatic carbocycles. The number of para-hydroxylation sites is 1. The van der Waals surface area contributed by atoms with Gasteiger partial charge >= 0.3 is 0 Å². The second-order valence-electron chi connectivity index (χ2n) is 5.01. The average molecular weight is 273 g/mol. The van der Waals surface area contributed by atoms with Crippen LogP contribution in [0.5, 0.6) is 0 Å². The number of benzene rings is 1. The van der Waals surface area contributed by atoms with E-state index in [1.165, 1.54) is 0 Å². The number of amides is 1. The summed E-state index contributed by atoms with van der Waals surface area (Å²) in [6.07, 6.45) is 0.947. The molecule has 0 spiro atoms. The van der Waals surface area contributed by atoms with Crippen LogP contribution in [0.3, 0.4) is 0 Å². The number of carbonyl (C=O) groups is 1. The molecule has 0 radical (unpaired) electrons. The van der Waals surface area contributed by atoms with Gasteiger partial charge in [0.15, 0.2) is 0 Å². The summed E-state index contributed by atoms with van der Waals surface area (Å²) in [7, 11) is 1.93. The SMILES string of the molecule is CC(C(=O)Nc1ccccc1C#N)N(C)C1CCOC1. The Balaban J connectivity index is 2.02. The van der Waals surface area contributed by atoms with Gasteiger partial charge in [0.2, 0.25) is 5.91 Å². The molecular weight excluding hydrogens is 254 g/mol. The van der Waals surface area contributed by atoms with Crippen LogP contribution in [0.2, 0.25) is 0 Å². The molecule has 20 heavy (non-hydrogen) atoms. The van der Waals surface area contributed by atoms with Crippen LogP contribution < -0.4 is 5.32 Å². The summed E-state index contributed by atoms with van der Waals surface area (Å²) in [4.78, 5) is 14.3. The molecule has 1 N–H and O–H groups in total. The zero-order chi connectivity index (χ0) is 14.5. The number of rotatable bonds is 4. The maximum absolute atomic E-state index is 12.3. The fourth-order valence-electron chi connectivity index (χ4n) is 2.27. The first kappa shape index (κ1) is 14.5. The van der Waals surface area contributed by atoms with Crippen LogP contribution in [-0.2, 0) is 9.53 Å². The number of likely N-dealkylation sites (N-methyl/N-ethyl adjacent to an activating group) is 1. The number of hydrogen-bond acceptors (Lipinski definition) is 4. The lowest BCUT2D eigenvalue weighted by Gasteiger charge is -2.28. The minimum atomic E-state index is -0.270. The first-order chi connectivity index (χ1) is 9.63. The molecule has 2 unspecified atom stereocenters. The summed E-state index contributed by atoms with van der Waals surface area (Å²) >= 11 is 0. The number of nitrogens with zero attached hydrogens (tertiary/aromatic N) is 2. The molecule has 2 rings (SSSR count). The van der Waals surface area contributed by atoms with E-state index in [2.05, 4.69) is 11.4 Å². The predicted molar refractivity (Wildman–Crippen MR) is 76.2 cm³/mol. The third kappa shape index (κ3) is 3.16. The number of carbonyl (C=O) groups excluding carboxylic acids is 1. The standard InChI is InChI=1S/C15H19N3O2/c1-11(18(2)13-7-8-20-10-13)15(19)17-14-6-4-3-5-12(14)9-16/h3-6,11,13H,7-8,10H2,1-2H3,(H,17,19). The first-order valence-electron chi connectivity index (χ1n) is 6.73. The van der Waals surface area contributed by atoms with Gasteiger partial charge in [0, 0.05) is 12.6 Å². The van der Waals surface area contributed by atoms with Gasteiger partial charge in [0.1, 0.15) is 6.07 Å². The molecule has 1 amide bonds. The van der Waals surface area contributed by atoms with Crippen LogP contribution in [0.1, 0.15) is 18.9 Å². The highest BCUT2D eigenvalue weighted by molar-refractivity contribution is 5.95. The Hall–Kier alpha value is -1.90. The average Bonchev–Trinajstić information content (AvgIpc) is 3.00. The smallest absolute Gasteiger partial charge is 0.241 e. The van der Waals surface area contributed by atoms with E-state index in [1.54, 1.807) is 24.3 Å². The van der Waals surface area contributed by atoms with Crippen LogP contribution >= 0.6 is 0 Å². The molecule has 1 saturated heterocycles. The van der Waals surface area contributed by atoms with Crippen molar-refractivity contribution in [2.45, 2.75) is 25.4 Å². The van der Waals surface area contributed by atoms with Crippen LogP contribution in [-0.4, -0.2) is 43.2 Å². The van der Waals surface area contributed by atoms with Crippen molar-refractivity contribution in [1.29, 1.82) is 5.26 Å². The van der Waals surface area contributed by atoms with E-state index in [4.69, 9.17) is 10.00 Å². The summed E-state index contributed by atoms with van der Waals surface area (Å²) < 4.78 is 5.35. The largest absolute Gasteiger partial charge is 0.380 e. The Morgan fingerprint density at radius 1 is 1.55 bits per heavy atom. The Labute approximate surface area is 119 Å². The Morgan fingerprint density at radius 2 is 2.30 bits per heavy atom.